The van der Waals surface area contributed by atoms with Gasteiger partial charge in [-0.15, -0.1) is 0 Å². The molecule has 0 aliphatic heterocycles. The molecular weight excluding hydrogens is 348 g/mol. The van der Waals surface area contributed by atoms with Gasteiger partial charge < -0.3 is 4.74 Å². The van der Waals surface area contributed by atoms with E-state index in [-0.39, 0.29) is 10.6 Å². The highest BCUT2D eigenvalue weighted by Crippen LogP contribution is 2.28. The van der Waals surface area contributed by atoms with Gasteiger partial charge in [-0.25, -0.2) is 8.42 Å². The third kappa shape index (κ3) is 3.94. The molecule has 0 N–H and O–H groups in total. The lowest BCUT2D eigenvalue weighted by atomic mass is 10.2. The van der Waals surface area contributed by atoms with Crippen molar-refractivity contribution in [2.75, 3.05) is 18.0 Å². The van der Waals surface area contributed by atoms with E-state index in [1.807, 2.05) is 0 Å². The quantitative estimate of drug-likeness (QED) is 0.442. The summed E-state index contributed by atoms with van der Waals surface area (Å²) in [5.41, 5.74) is 0.559. The summed E-state index contributed by atoms with van der Waals surface area (Å²) in [6, 6.07) is 11.3. The largest absolute Gasteiger partial charge is 0.468 e. The third-order valence-electron chi connectivity index (χ3n) is 3.50. The smallest absolute Gasteiger partial charge is 0.326 e. The zero-order chi connectivity index (χ0) is 18.6. The van der Waals surface area contributed by atoms with Crippen LogP contribution < -0.4 is 4.31 Å². The van der Waals surface area contributed by atoms with Crippen LogP contribution in [0, 0.1) is 17.0 Å². The number of non-ortho nitro benzene ring substituents is 1. The van der Waals surface area contributed by atoms with Crippen molar-refractivity contribution < 1.29 is 22.9 Å². The van der Waals surface area contributed by atoms with E-state index in [1.165, 1.54) is 18.2 Å². The van der Waals surface area contributed by atoms with Crippen LogP contribution in [-0.4, -0.2) is 33.0 Å². The number of carbonyl (C=O) groups excluding carboxylic acids is 1. The van der Waals surface area contributed by atoms with E-state index in [9.17, 15) is 23.3 Å². The first-order chi connectivity index (χ1) is 11.8. The van der Waals surface area contributed by atoms with Gasteiger partial charge in [-0.05, 0) is 24.6 Å². The Labute approximate surface area is 144 Å². The molecule has 132 valence electrons. The van der Waals surface area contributed by atoms with Crippen LogP contribution in [0.1, 0.15) is 5.56 Å². The maximum absolute atomic E-state index is 13.0. The number of para-hydroxylation sites is 1. The number of aryl methyl sites for hydroxylation is 1. The van der Waals surface area contributed by atoms with Gasteiger partial charge in [-0.2, -0.15) is 0 Å². The molecule has 0 aliphatic rings. The predicted octanol–water partition coefficient (Wildman–Crippen LogP) is 2.27. The fraction of sp³-hybridized carbons (Fsp3) is 0.188. The highest BCUT2D eigenvalue weighted by atomic mass is 32.2. The summed E-state index contributed by atoms with van der Waals surface area (Å²) in [4.78, 5) is 21.7. The molecule has 0 spiro atoms. The number of sulfonamides is 1. The van der Waals surface area contributed by atoms with Crippen molar-refractivity contribution in [3.8, 4) is 0 Å². The van der Waals surface area contributed by atoms with Gasteiger partial charge in [-0.3, -0.25) is 19.2 Å². The summed E-state index contributed by atoms with van der Waals surface area (Å²) in [5.74, 6) is -0.753. The minimum absolute atomic E-state index is 0.283. The van der Waals surface area contributed by atoms with E-state index in [0.717, 1.165) is 17.5 Å². The highest BCUT2D eigenvalue weighted by Gasteiger charge is 2.29. The van der Waals surface area contributed by atoms with E-state index in [4.69, 9.17) is 0 Å². The lowest BCUT2D eigenvalue weighted by Gasteiger charge is -2.24. The molecule has 0 saturated carbocycles. The van der Waals surface area contributed by atoms with Gasteiger partial charge in [0.2, 0.25) is 0 Å². The van der Waals surface area contributed by atoms with E-state index in [0.29, 0.717) is 11.3 Å². The predicted molar refractivity (Wildman–Crippen MR) is 90.8 cm³/mol. The Balaban J connectivity index is 2.59. The monoisotopic (exact) mass is 364 g/mol. The molecule has 2 rings (SSSR count). The number of nitro groups is 1. The summed E-state index contributed by atoms with van der Waals surface area (Å²) < 4.78 is 31.5. The summed E-state index contributed by atoms with van der Waals surface area (Å²) in [7, 11) is -3.06. The number of rotatable bonds is 6. The number of ether oxygens (including phenoxy) is 1. The van der Waals surface area contributed by atoms with E-state index < -0.39 is 27.5 Å². The van der Waals surface area contributed by atoms with Crippen molar-refractivity contribution in [1.82, 2.24) is 0 Å². The van der Waals surface area contributed by atoms with Gasteiger partial charge >= 0.3 is 5.97 Å². The summed E-state index contributed by atoms with van der Waals surface area (Å²) >= 11 is 0. The third-order valence-corrected chi connectivity index (χ3v) is 5.26. The lowest BCUT2D eigenvalue weighted by Crippen LogP contribution is -2.36. The Morgan fingerprint density at radius 1 is 1.20 bits per heavy atom. The number of hydrogen-bond donors (Lipinski definition) is 0. The molecule has 25 heavy (non-hydrogen) atoms. The van der Waals surface area contributed by atoms with Crippen molar-refractivity contribution in [2.45, 2.75) is 11.8 Å². The zero-order valence-electron chi connectivity index (χ0n) is 13.6. The summed E-state index contributed by atoms with van der Waals surface area (Å²) in [5, 5.41) is 10.9. The molecule has 0 fully saturated rings. The molecule has 0 atom stereocenters. The van der Waals surface area contributed by atoms with Crippen LogP contribution in [0.25, 0.3) is 0 Å². The highest BCUT2D eigenvalue weighted by molar-refractivity contribution is 7.92. The number of carbonyl (C=O) groups is 1. The number of nitrogens with zero attached hydrogens (tertiary/aromatic N) is 2. The molecule has 0 aromatic heterocycles. The van der Waals surface area contributed by atoms with Crippen LogP contribution in [0.2, 0.25) is 0 Å². The van der Waals surface area contributed by atoms with Crippen LogP contribution in [0.5, 0.6) is 0 Å². The summed E-state index contributed by atoms with van der Waals surface area (Å²) in [6.07, 6.45) is 0. The molecule has 0 heterocycles. The zero-order valence-corrected chi connectivity index (χ0v) is 14.4. The number of hydrogen-bond acceptors (Lipinski definition) is 6. The number of nitro benzene ring substituents is 1. The Bertz CT molecular complexity index is 910. The molecule has 0 unspecified atom stereocenters. The van der Waals surface area contributed by atoms with Crippen LogP contribution in [0.4, 0.5) is 11.4 Å². The molecule has 0 aliphatic carbocycles. The van der Waals surface area contributed by atoms with Crippen LogP contribution >= 0.6 is 0 Å². The Morgan fingerprint density at radius 2 is 1.88 bits per heavy atom. The lowest BCUT2D eigenvalue weighted by molar-refractivity contribution is -0.385. The SMILES string of the molecule is COC(=O)CN(c1ccccc1C)S(=O)(=O)c1cccc([N+](=O)[O-])c1. The second-order valence-electron chi connectivity index (χ2n) is 5.13. The maximum Gasteiger partial charge on any atom is 0.326 e. The number of benzene rings is 2. The Morgan fingerprint density at radius 3 is 2.48 bits per heavy atom. The second kappa shape index (κ2) is 7.31. The van der Waals surface area contributed by atoms with Crippen LogP contribution in [0.3, 0.4) is 0 Å². The molecule has 2 aromatic carbocycles. The topological polar surface area (TPSA) is 107 Å². The fourth-order valence-electron chi connectivity index (χ4n) is 2.21. The van der Waals surface area contributed by atoms with E-state index in [1.54, 1.807) is 31.2 Å². The van der Waals surface area contributed by atoms with Gasteiger partial charge in [0.15, 0.2) is 0 Å². The molecule has 0 amide bonds. The van der Waals surface area contributed by atoms with Gasteiger partial charge in [-0.1, -0.05) is 24.3 Å². The second-order valence-corrected chi connectivity index (χ2v) is 6.99. The molecular formula is C16H16N2O6S. The normalized spacial score (nSPS) is 11.0. The fourth-order valence-corrected chi connectivity index (χ4v) is 3.72. The van der Waals surface area contributed by atoms with Crippen molar-refractivity contribution in [1.29, 1.82) is 0 Å². The van der Waals surface area contributed by atoms with Gasteiger partial charge in [0.25, 0.3) is 15.7 Å². The van der Waals surface area contributed by atoms with Crippen LogP contribution in [-0.2, 0) is 19.6 Å². The van der Waals surface area contributed by atoms with Crippen molar-refractivity contribution in [3.63, 3.8) is 0 Å². The average Bonchev–Trinajstić information content (AvgIpc) is 2.60. The standard InChI is InChI=1S/C16H16N2O6S/c1-12-6-3-4-9-15(12)17(11-16(19)24-2)25(22,23)14-8-5-7-13(10-14)18(20)21/h3-10H,11H2,1-2H3. The molecule has 2 aromatic rings. The number of anilines is 1. The molecule has 0 saturated heterocycles. The Hall–Kier alpha value is -2.94. The first-order valence-electron chi connectivity index (χ1n) is 7.17. The average molecular weight is 364 g/mol. The molecule has 9 heteroatoms. The van der Waals surface area contributed by atoms with Gasteiger partial charge in [0.05, 0.1) is 22.6 Å². The minimum atomic E-state index is -4.21. The van der Waals surface area contributed by atoms with Gasteiger partial charge in [0, 0.05) is 12.1 Å². The first-order valence-corrected chi connectivity index (χ1v) is 8.61. The summed E-state index contributed by atoms with van der Waals surface area (Å²) in [6.45, 7) is 1.15. The first kappa shape index (κ1) is 18.4. The molecule has 8 nitrogen and oxygen atoms in total. The maximum atomic E-state index is 13.0. The van der Waals surface area contributed by atoms with Crippen molar-refractivity contribution in [3.05, 3.63) is 64.2 Å². The Kier molecular flexibility index (Phi) is 5.38. The van der Waals surface area contributed by atoms with Crippen molar-refractivity contribution in [2.24, 2.45) is 0 Å². The van der Waals surface area contributed by atoms with E-state index in [2.05, 4.69) is 4.74 Å². The van der Waals surface area contributed by atoms with Gasteiger partial charge in [0.1, 0.15) is 6.54 Å². The van der Waals surface area contributed by atoms with Crippen LogP contribution in [0.15, 0.2) is 53.4 Å². The van der Waals surface area contributed by atoms with E-state index >= 15 is 0 Å². The molecule has 0 radical (unpaired) electrons. The minimum Gasteiger partial charge on any atom is -0.468 e. The number of methoxy groups -OCH3 is 1. The number of esters is 1. The molecule has 0 bridgehead atoms. The van der Waals surface area contributed by atoms with Crippen molar-refractivity contribution >= 4 is 27.4 Å².